The number of amides is 2. The number of carbonyl (C=O) groups is 4. The highest BCUT2D eigenvalue weighted by Crippen LogP contribution is 2.46. The molecule has 404 valence electrons. The van der Waals surface area contributed by atoms with Crippen molar-refractivity contribution in [2.24, 2.45) is 11.8 Å². The van der Waals surface area contributed by atoms with Gasteiger partial charge < -0.3 is 34.3 Å². The van der Waals surface area contributed by atoms with E-state index in [4.69, 9.17) is 80.1 Å². The summed E-state index contributed by atoms with van der Waals surface area (Å²) in [5.41, 5.74) is 0.582. The number of hydrogen-bond donors (Lipinski definition) is 2. The van der Waals surface area contributed by atoms with Crippen LogP contribution in [0.5, 0.6) is 11.8 Å². The highest BCUT2D eigenvalue weighted by atomic mass is 35.5. The molecule has 2 amide bonds. The maximum atomic E-state index is 13.9. The summed E-state index contributed by atoms with van der Waals surface area (Å²) in [6.07, 6.45) is 8.82. The van der Waals surface area contributed by atoms with Gasteiger partial charge in [0.2, 0.25) is 17.7 Å². The van der Waals surface area contributed by atoms with E-state index in [1.165, 1.54) is 68.3 Å². The molecule has 3 unspecified atom stereocenters. The molecule has 77 heavy (non-hydrogen) atoms. The number of hydrogen-bond acceptors (Lipinski definition) is 15. The molecular weight excluding hydrogens is 1140 g/mol. The van der Waals surface area contributed by atoms with E-state index < -0.39 is 28.4 Å². The molecule has 13 nitrogen and oxygen atoms in total. The number of benzene rings is 2. The van der Waals surface area contributed by atoms with E-state index in [9.17, 15) is 19.2 Å². The maximum absolute atomic E-state index is 13.9. The number of nitrogens with one attached hydrogen (secondary N) is 2. The molecule has 0 bridgehead atoms. The molecule has 3 fully saturated rings. The first kappa shape index (κ1) is 56.9. The van der Waals surface area contributed by atoms with E-state index in [-0.39, 0.29) is 48.4 Å². The van der Waals surface area contributed by atoms with Crippen LogP contribution in [0.1, 0.15) is 86.7 Å². The summed E-state index contributed by atoms with van der Waals surface area (Å²) in [5, 5.41) is 14.9. The van der Waals surface area contributed by atoms with Crippen LogP contribution in [-0.4, -0.2) is 72.5 Å². The van der Waals surface area contributed by atoms with E-state index in [1.54, 1.807) is 36.4 Å². The van der Waals surface area contributed by atoms with E-state index in [2.05, 4.69) is 10.6 Å². The normalized spacial score (nSPS) is 20.8. The molecule has 4 aliphatic rings. The van der Waals surface area contributed by atoms with Crippen molar-refractivity contribution in [2.45, 2.75) is 90.3 Å². The van der Waals surface area contributed by atoms with Crippen LogP contribution in [0.3, 0.4) is 0 Å². The summed E-state index contributed by atoms with van der Waals surface area (Å²) in [7, 11) is 1.50. The lowest BCUT2D eigenvalue weighted by molar-refractivity contribution is -0.133. The first-order valence-corrected chi connectivity index (χ1v) is 30.2. The molecule has 21 heteroatoms. The second kappa shape index (κ2) is 26.4. The molecule has 10 rings (SSSR count). The van der Waals surface area contributed by atoms with Gasteiger partial charge in [-0.2, -0.15) is 22.7 Å². The molecule has 2 aliphatic heterocycles. The minimum Gasteiger partial charge on any atom is -0.477 e. The summed E-state index contributed by atoms with van der Waals surface area (Å²) >= 11 is 30.0. The summed E-state index contributed by atoms with van der Waals surface area (Å²) < 4.78 is 28.0. The highest BCUT2D eigenvalue weighted by Gasteiger charge is 2.49. The van der Waals surface area contributed by atoms with Crippen LogP contribution in [0.4, 0.5) is 4.79 Å². The predicted molar refractivity (Wildman–Crippen MR) is 304 cm³/mol. The van der Waals surface area contributed by atoms with Gasteiger partial charge in [0.15, 0.2) is 5.78 Å². The Labute approximate surface area is 483 Å². The number of methoxy groups -OCH3 is 1. The summed E-state index contributed by atoms with van der Waals surface area (Å²) in [6, 6.07) is 24.9. The number of nitrogens with zero attached hydrogens (tertiary/aromatic N) is 2. The zero-order chi connectivity index (χ0) is 53.9. The van der Waals surface area contributed by atoms with Crippen molar-refractivity contribution in [2.75, 3.05) is 33.5 Å². The first-order valence-electron chi connectivity index (χ1n) is 25.1. The monoisotopic (exact) mass is 1190 g/mol. The Morgan fingerprint density at radius 2 is 1.23 bits per heavy atom. The standard InChI is InChI=1S/C30H30Cl2N2O6S2.C26H24Cl2N2O3S2/c1-37-12-13-38-29(36)40-23-16-30(20-11-14-41-18-20,25-7-4-8-26(33-25)39-17-19-5-2-3-6-19)34-28(35)27(23)42-24-10-9-21(31)15-22(24)32;27-18-8-9-21(19(28)12-18)35-24-20(31)13-26(30-25(24)32,17-10-11-34-15-17)22-6-3-7-23(29-22)33-14-16-4-1-2-5-16/h4,7-11,14-15,18-19H,2-3,5-6,12-13,16-17H2,1H3,(H,34,35);3,6-12,15-16,24H,1-2,4-5,13-14H2,(H,30,32). The third-order valence-electron chi connectivity index (χ3n) is 13.7. The second-order valence-electron chi connectivity index (χ2n) is 18.9. The van der Waals surface area contributed by atoms with Crippen LogP contribution in [0.25, 0.3) is 0 Å². The van der Waals surface area contributed by atoms with Gasteiger partial charge in [-0.25, -0.2) is 14.8 Å². The average molecular weight is 1200 g/mol. The fourth-order valence-corrected chi connectivity index (χ4v) is 14.1. The zero-order valence-corrected chi connectivity index (χ0v) is 48.0. The number of carbonyl (C=O) groups excluding carboxylic acids is 4. The lowest BCUT2D eigenvalue weighted by atomic mass is 9.79. The largest absolute Gasteiger partial charge is 0.513 e. The van der Waals surface area contributed by atoms with Crippen molar-refractivity contribution in [3.63, 3.8) is 0 Å². The molecule has 0 radical (unpaired) electrons. The van der Waals surface area contributed by atoms with Crippen LogP contribution < -0.4 is 20.1 Å². The minimum atomic E-state index is -1.14. The van der Waals surface area contributed by atoms with E-state index in [0.717, 1.165) is 47.5 Å². The Morgan fingerprint density at radius 3 is 1.74 bits per heavy atom. The number of ether oxygens (including phenoxy) is 5. The minimum absolute atomic E-state index is 0.00208. The van der Waals surface area contributed by atoms with Crippen molar-refractivity contribution < 1.29 is 42.9 Å². The Bertz CT molecular complexity index is 3060. The fourth-order valence-electron chi connectivity index (χ4n) is 9.77. The summed E-state index contributed by atoms with van der Waals surface area (Å²) in [5.74, 6) is 1.17. The van der Waals surface area contributed by atoms with Gasteiger partial charge in [-0.15, -0.1) is 11.8 Å². The predicted octanol–water partition coefficient (Wildman–Crippen LogP) is 14.1. The van der Waals surface area contributed by atoms with Crippen molar-refractivity contribution in [1.82, 2.24) is 20.6 Å². The number of halogens is 4. The molecule has 6 aromatic rings. The molecule has 3 atom stereocenters. The van der Waals surface area contributed by atoms with Crippen LogP contribution >= 0.6 is 92.6 Å². The zero-order valence-electron chi connectivity index (χ0n) is 41.7. The van der Waals surface area contributed by atoms with Crippen molar-refractivity contribution in [3.05, 3.63) is 160 Å². The first-order chi connectivity index (χ1) is 37.3. The number of thioether (sulfide) groups is 2. The van der Waals surface area contributed by atoms with Gasteiger partial charge in [0.1, 0.15) is 33.6 Å². The molecular formula is C56H54Cl4N4O9S4. The second-order valence-corrected chi connectivity index (χ2v) is 24.4. The van der Waals surface area contributed by atoms with E-state index in [1.807, 2.05) is 70.1 Å². The number of aromatic nitrogens is 2. The number of pyridine rings is 2. The third-order valence-corrected chi connectivity index (χ3v) is 18.9. The van der Waals surface area contributed by atoms with Crippen LogP contribution in [-0.2, 0) is 39.7 Å². The van der Waals surface area contributed by atoms with Crippen molar-refractivity contribution in [1.29, 1.82) is 0 Å². The molecule has 6 heterocycles. The van der Waals surface area contributed by atoms with Gasteiger partial charge in [0.05, 0.1) is 41.3 Å². The number of piperidine rings is 1. The van der Waals surface area contributed by atoms with Crippen LogP contribution in [0, 0.1) is 11.8 Å². The third kappa shape index (κ3) is 14.0. The molecule has 1 saturated heterocycles. The molecule has 2 saturated carbocycles. The Kier molecular flexibility index (Phi) is 19.5. The van der Waals surface area contributed by atoms with E-state index >= 15 is 0 Å². The Morgan fingerprint density at radius 1 is 0.688 bits per heavy atom. The average Bonchev–Trinajstić information content (AvgIpc) is 4.36. The van der Waals surface area contributed by atoms with Gasteiger partial charge in [-0.1, -0.05) is 96.0 Å². The molecule has 2 aliphatic carbocycles. The number of Topliss-reactive ketones (excluding diaryl/α,β-unsaturated/α-hetero) is 1. The number of thiophene rings is 2. The van der Waals surface area contributed by atoms with Crippen LogP contribution in [0.2, 0.25) is 20.1 Å². The number of rotatable bonds is 18. The van der Waals surface area contributed by atoms with Gasteiger partial charge in [-0.05, 0) is 131 Å². The SMILES string of the molecule is COCCOC(=O)OC1=C(Sc2ccc(Cl)cc2Cl)C(=O)NC(c2ccsc2)(c2cccc(OCC3CCCC3)n2)C1.O=C1CC(c2ccsc2)(c2cccc(OCC3CCCC3)n2)NC(=O)C1Sc1ccc(Cl)cc1Cl. The maximum Gasteiger partial charge on any atom is 0.513 e. The molecule has 4 aromatic heterocycles. The Balaban J connectivity index is 0.000000191. The van der Waals surface area contributed by atoms with Crippen molar-refractivity contribution in [3.8, 4) is 11.8 Å². The highest BCUT2D eigenvalue weighted by molar-refractivity contribution is 8.04. The van der Waals surface area contributed by atoms with Gasteiger partial charge in [0.25, 0.3) is 5.91 Å². The van der Waals surface area contributed by atoms with Gasteiger partial charge in [-0.3, -0.25) is 14.4 Å². The van der Waals surface area contributed by atoms with Crippen molar-refractivity contribution >= 4 is 116 Å². The van der Waals surface area contributed by atoms with Crippen LogP contribution in [0.15, 0.2) is 127 Å². The van der Waals surface area contributed by atoms with Gasteiger partial charge in [0, 0.05) is 51.9 Å². The molecule has 2 aromatic carbocycles. The van der Waals surface area contributed by atoms with E-state index in [0.29, 0.717) is 78.1 Å². The summed E-state index contributed by atoms with van der Waals surface area (Å²) in [4.78, 5) is 64.5. The lowest BCUT2D eigenvalue weighted by Crippen LogP contribution is -2.58. The summed E-state index contributed by atoms with van der Waals surface area (Å²) in [6.45, 7) is 1.43. The number of ketones is 1. The smallest absolute Gasteiger partial charge is 0.477 e. The molecule has 2 N–H and O–H groups in total. The quantitative estimate of drug-likeness (QED) is 0.0475. The molecule has 0 spiro atoms. The Hall–Kier alpha value is -4.82. The topological polar surface area (TPSA) is 164 Å². The van der Waals surface area contributed by atoms with Gasteiger partial charge >= 0.3 is 6.16 Å². The fraction of sp³-hybridized carbons (Fsp3) is 0.357. The lowest BCUT2D eigenvalue weighted by Gasteiger charge is -2.39.